The molecule has 0 aromatic rings. The average molecular weight is 256 g/mol. The van der Waals surface area contributed by atoms with Crippen LogP contribution in [0.15, 0.2) is 0 Å². The minimum Gasteiger partial charge on any atom is -0.481 e. The van der Waals surface area contributed by atoms with Crippen LogP contribution in [0.25, 0.3) is 0 Å². The monoisotopic (exact) mass is 256 g/mol. The third kappa shape index (κ3) is 3.89. The number of hydrogen-bond acceptors (Lipinski definition) is 2. The summed E-state index contributed by atoms with van der Waals surface area (Å²) in [4.78, 5) is 22.5. The van der Waals surface area contributed by atoms with Crippen LogP contribution < -0.4 is 10.6 Å². The molecule has 0 radical (unpaired) electrons. The van der Waals surface area contributed by atoms with Gasteiger partial charge in [0.15, 0.2) is 0 Å². The maximum absolute atomic E-state index is 11.7. The summed E-state index contributed by atoms with van der Waals surface area (Å²) in [7, 11) is 0. The Hall–Kier alpha value is -1.26. The Kier molecular flexibility index (Phi) is 4.99. The van der Waals surface area contributed by atoms with E-state index in [0.717, 1.165) is 19.3 Å². The summed E-state index contributed by atoms with van der Waals surface area (Å²) in [5.74, 6) is -1.37. The van der Waals surface area contributed by atoms with Crippen molar-refractivity contribution in [3.8, 4) is 0 Å². The molecule has 0 aliphatic heterocycles. The number of carbonyl (C=O) groups is 2. The largest absolute Gasteiger partial charge is 0.481 e. The molecule has 0 bridgehead atoms. The molecular weight excluding hydrogens is 232 g/mol. The van der Waals surface area contributed by atoms with Gasteiger partial charge in [-0.1, -0.05) is 27.2 Å². The first kappa shape index (κ1) is 14.8. The van der Waals surface area contributed by atoms with Crippen LogP contribution in [0.5, 0.6) is 0 Å². The Morgan fingerprint density at radius 1 is 1.44 bits per heavy atom. The van der Waals surface area contributed by atoms with Crippen LogP contribution in [0, 0.1) is 11.3 Å². The fourth-order valence-corrected chi connectivity index (χ4v) is 2.43. The van der Waals surface area contributed by atoms with Gasteiger partial charge in [-0.05, 0) is 24.7 Å². The smallest absolute Gasteiger partial charge is 0.315 e. The molecule has 5 nitrogen and oxygen atoms in total. The topological polar surface area (TPSA) is 78.4 Å². The zero-order valence-electron chi connectivity index (χ0n) is 11.5. The number of aliphatic carboxylic acids is 1. The second-order valence-corrected chi connectivity index (χ2v) is 5.73. The first-order valence-corrected chi connectivity index (χ1v) is 6.64. The lowest BCUT2D eigenvalue weighted by molar-refractivity contribution is -0.141. The number of carboxylic acids is 1. The van der Waals surface area contributed by atoms with E-state index in [4.69, 9.17) is 5.11 Å². The number of rotatable bonds is 5. The molecule has 2 amide bonds. The van der Waals surface area contributed by atoms with E-state index >= 15 is 0 Å². The average Bonchev–Trinajstić information content (AvgIpc) is 2.58. The van der Waals surface area contributed by atoms with Crippen LogP contribution in [-0.2, 0) is 4.79 Å². The minimum atomic E-state index is -0.862. The molecule has 0 spiro atoms. The van der Waals surface area contributed by atoms with Crippen LogP contribution in [0.3, 0.4) is 0 Å². The van der Waals surface area contributed by atoms with Gasteiger partial charge >= 0.3 is 12.0 Å². The van der Waals surface area contributed by atoms with Crippen molar-refractivity contribution in [2.24, 2.45) is 11.3 Å². The number of urea groups is 1. The van der Waals surface area contributed by atoms with Crippen LogP contribution >= 0.6 is 0 Å². The van der Waals surface area contributed by atoms with Gasteiger partial charge in [0.05, 0.1) is 5.92 Å². The van der Waals surface area contributed by atoms with Crippen molar-refractivity contribution in [1.82, 2.24) is 10.6 Å². The summed E-state index contributed by atoms with van der Waals surface area (Å²) >= 11 is 0. The van der Waals surface area contributed by atoms with Gasteiger partial charge in [-0.15, -0.1) is 0 Å². The highest BCUT2D eigenvalue weighted by molar-refractivity contribution is 5.76. The fraction of sp³-hybridized carbons (Fsp3) is 0.846. The molecule has 1 fully saturated rings. The highest BCUT2D eigenvalue weighted by atomic mass is 16.4. The van der Waals surface area contributed by atoms with Gasteiger partial charge < -0.3 is 15.7 Å². The maximum Gasteiger partial charge on any atom is 0.315 e. The van der Waals surface area contributed by atoms with Crippen molar-refractivity contribution < 1.29 is 14.7 Å². The summed E-state index contributed by atoms with van der Waals surface area (Å²) in [6.07, 6.45) is 3.76. The molecule has 0 heterocycles. The molecule has 1 saturated carbocycles. The first-order chi connectivity index (χ1) is 8.36. The van der Waals surface area contributed by atoms with Crippen molar-refractivity contribution >= 4 is 12.0 Å². The standard InChI is InChI=1S/C13H24N2O3/c1-4-9(11(16)17)8-14-12(18)15-10-6-5-7-13(10,2)3/h9-10H,4-8H2,1-3H3,(H,16,17)(H2,14,15,18). The molecule has 0 saturated heterocycles. The Morgan fingerprint density at radius 3 is 2.56 bits per heavy atom. The van der Waals surface area contributed by atoms with Crippen LogP contribution in [0.4, 0.5) is 4.79 Å². The highest BCUT2D eigenvalue weighted by Crippen LogP contribution is 2.36. The van der Waals surface area contributed by atoms with Gasteiger partial charge in [0, 0.05) is 12.6 Å². The SMILES string of the molecule is CCC(CNC(=O)NC1CCCC1(C)C)C(=O)O. The second-order valence-electron chi connectivity index (χ2n) is 5.73. The zero-order valence-corrected chi connectivity index (χ0v) is 11.5. The number of carbonyl (C=O) groups excluding carboxylic acids is 1. The molecule has 3 N–H and O–H groups in total. The van der Waals surface area contributed by atoms with Gasteiger partial charge in [0.1, 0.15) is 0 Å². The predicted molar refractivity (Wildman–Crippen MR) is 69.4 cm³/mol. The first-order valence-electron chi connectivity index (χ1n) is 6.64. The van der Waals surface area contributed by atoms with Gasteiger partial charge in [0.2, 0.25) is 0 Å². The van der Waals surface area contributed by atoms with E-state index in [9.17, 15) is 9.59 Å². The molecule has 0 aromatic carbocycles. The van der Waals surface area contributed by atoms with Crippen LogP contribution in [0.1, 0.15) is 46.5 Å². The van der Waals surface area contributed by atoms with E-state index in [1.54, 1.807) is 6.92 Å². The van der Waals surface area contributed by atoms with Gasteiger partial charge in [-0.2, -0.15) is 0 Å². The van der Waals surface area contributed by atoms with E-state index in [0.29, 0.717) is 6.42 Å². The Morgan fingerprint density at radius 2 is 2.11 bits per heavy atom. The number of hydrogen-bond donors (Lipinski definition) is 3. The molecule has 0 aromatic heterocycles. The van der Waals surface area contributed by atoms with Crippen molar-refractivity contribution in [2.45, 2.75) is 52.5 Å². The van der Waals surface area contributed by atoms with Gasteiger partial charge in [-0.3, -0.25) is 4.79 Å². The molecule has 1 rings (SSSR count). The Bertz CT molecular complexity index is 315. The van der Waals surface area contributed by atoms with E-state index in [1.165, 1.54) is 0 Å². The van der Waals surface area contributed by atoms with Crippen LogP contribution in [-0.4, -0.2) is 29.7 Å². The minimum absolute atomic E-state index is 0.133. The molecular formula is C13H24N2O3. The number of nitrogens with one attached hydrogen (secondary N) is 2. The number of carboxylic acid groups (broad SMARTS) is 1. The lowest BCUT2D eigenvalue weighted by Gasteiger charge is -2.28. The number of amides is 2. The molecule has 5 heteroatoms. The molecule has 2 unspecified atom stereocenters. The summed E-state index contributed by atoms with van der Waals surface area (Å²) in [5.41, 5.74) is 0.133. The molecule has 1 aliphatic rings. The van der Waals surface area contributed by atoms with Crippen molar-refractivity contribution in [1.29, 1.82) is 0 Å². The van der Waals surface area contributed by atoms with E-state index < -0.39 is 11.9 Å². The molecule has 18 heavy (non-hydrogen) atoms. The summed E-state index contributed by atoms with van der Waals surface area (Å²) in [5, 5.41) is 14.5. The Labute approximate surface area is 108 Å². The normalized spacial score (nSPS) is 23.4. The van der Waals surface area contributed by atoms with Gasteiger partial charge in [0.25, 0.3) is 0 Å². The highest BCUT2D eigenvalue weighted by Gasteiger charge is 2.35. The zero-order chi connectivity index (χ0) is 13.8. The molecule has 104 valence electrons. The predicted octanol–water partition coefficient (Wildman–Crippen LogP) is 1.98. The summed E-state index contributed by atoms with van der Waals surface area (Å²) < 4.78 is 0. The summed E-state index contributed by atoms with van der Waals surface area (Å²) in [6, 6.07) is -0.0721. The van der Waals surface area contributed by atoms with E-state index in [1.807, 2.05) is 0 Å². The van der Waals surface area contributed by atoms with Gasteiger partial charge in [-0.25, -0.2) is 4.79 Å². The second kappa shape index (κ2) is 6.07. The van der Waals surface area contributed by atoms with Crippen LogP contribution in [0.2, 0.25) is 0 Å². The molecule has 2 atom stereocenters. The van der Waals surface area contributed by atoms with E-state index in [-0.39, 0.29) is 24.0 Å². The van der Waals surface area contributed by atoms with Crippen molar-refractivity contribution in [2.75, 3.05) is 6.54 Å². The third-order valence-electron chi connectivity index (χ3n) is 3.91. The summed E-state index contributed by atoms with van der Waals surface area (Å²) in [6.45, 7) is 6.29. The lowest BCUT2D eigenvalue weighted by Crippen LogP contribution is -2.47. The fourth-order valence-electron chi connectivity index (χ4n) is 2.43. The Balaban J connectivity index is 2.36. The van der Waals surface area contributed by atoms with Crippen molar-refractivity contribution in [3.05, 3.63) is 0 Å². The van der Waals surface area contributed by atoms with Crippen molar-refractivity contribution in [3.63, 3.8) is 0 Å². The maximum atomic E-state index is 11.7. The molecule has 1 aliphatic carbocycles. The third-order valence-corrected chi connectivity index (χ3v) is 3.91. The quantitative estimate of drug-likeness (QED) is 0.703. The lowest BCUT2D eigenvalue weighted by atomic mass is 9.87. The van der Waals surface area contributed by atoms with E-state index in [2.05, 4.69) is 24.5 Å².